The van der Waals surface area contributed by atoms with Crippen LogP contribution in [0.2, 0.25) is 0 Å². The fourth-order valence-electron chi connectivity index (χ4n) is 1.21. The highest BCUT2D eigenvalue weighted by molar-refractivity contribution is 9.10. The number of anilines is 1. The van der Waals surface area contributed by atoms with Gasteiger partial charge in [0.15, 0.2) is 0 Å². The first-order valence-corrected chi connectivity index (χ1v) is 7.15. The lowest BCUT2D eigenvalue weighted by molar-refractivity contribution is -0.134. The van der Waals surface area contributed by atoms with E-state index in [1.165, 1.54) is 6.07 Å². The molecular weight excluding hydrogens is 313 g/mol. The van der Waals surface area contributed by atoms with Crippen LogP contribution in [0.5, 0.6) is 0 Å². The Morgan fingerprint density at radius 2 is 2.06 bits per heavy atom. The van der Waals surface area contributed by atoms with Crippen LogP contribution in [0.3, 0.4) is 0 Å². The highest BCUT2D eigenvalue weighted by atomic mass is 79.9. The first-order chi connectivity index (χ1) is 7.78. The van der Waals surface area contributed by atoms with Gasteiger partial charge < -0.3 is 20.2 Å². The number of hydrogen-bond acceptors (Lipinski definition) is 3. The van der Waals surface area contributed by atoms with Gasteiger partial charge in [0.05, 0.1) is 6.16 Å². The van der Waals surface area contributed by atoms with Gasteiger partial charge in [0.2, 0.25) is 0 Å². The maximum absolute atomic E-state index is 10.8. The molecule has 0 aliphatic heterocycles. The lowest BCUT2D eigenvalue weighted by atomic mass is 10.2. The van der Waals surface area contributed by atoms with Gasteiger partial charge in [0, 0.05) is 10.2 Å². The smallest absolute Gasteiger partial charge is 0.329 e. The predicted octanol–water partition coefficient (Wildman–Crippen LogP) is 1.62. The summed E-state index contributed by atoms with van der Waals surface area (Å²) in [6.07, 6.45) is -0.342. The Kier molecular flexibility index (Phi) is 4.70. The molecule has 0 spiro atoms. The number of benzene rings is 1. The fraction of sp³-hybridized carbons (Fsp3) is 0.222. The summed E-state index contributed by atoms with van der Waals surface area (Å²) in [4.78, 5) is 28.0. The van der Waals surface area contributed by atoms with E-state index in [0.29, 0.717) is 15.7 Å². The Balaban J connectivity index is 2.79. The Morgan fingerprint density at radius 3 is 2.53 bits per heavy atom. The third kappa shape index (κ3) is 5.32. The number of carboxylic acids is 1. The number of rotatable bonds is 5. The van der Waals surface area contributed by atoms with E-state index in [-0.39, 0.29) is 12.7 Å². The number of carbonyl (C=O) groups is 1. The molecule has 94 valence electrons. The predicted molar refractivity (Wildman–Crippen MR) is 66.0 cm³/mol. The van der Waals surface area contributed by atoms with E-state index in [0.717, 1.165) is 0 Å². The molecule has 8 heteroatoms. The van der Waals surface area contributed by atoms with Gasteiger partial charge >= 0.3 is 13.6 Å². The molecule has 1 aromatic carbocycles. The number of aliphatic carboxylic acids is 1. The summed E-state index contributed by atoms with van der Waals surface area (Å²) in [5, 5.41) is 11.2. The molecule has 0 radical (unpaired) electrons. The molecule has 0 aromatic heterocycles. The Bertz CT molecular complexity index is 472. The zero-order valence-electron chi connectivity index (χ0n) is 8.63. The number of hydrogen-bond donors (Lipinski definition) is 4. The molecule has 0 saturated heterocycles. The van der Waals surface area contributed by atoms with Gasteiger partial charge in [-0.25, -0.2) is 0 Å². The summed E-state index contributed by atoms with van der Waals surface area (Å²) in [7, 11) is -4.09. The van der Waals surface area contributed by atoms with Crippen molar-refractivity contribution < 1.29 is 24.3 Å². The molecule has 17 heavy (non-hydrogen) atoms. The maximum atomic E-state index is 10.8. The molecule has 0 bridgehead atoms. The lowest BCUT2D eigenvalue weighted by Crippen LogP contribution is -2.12. The molecule has 0 fully saturated rings. The normalized spacial score (nSPS) is 11.2. The van der Waals surface area contributed by atoms with Gasteiger partial charge in [-0.05, 0) is 33.6 Å². The van der Waals surface area contributed by atoms with Crippen molar-refractivity contribution in [2.24, 2.45) is 0 Å². The molecule has 1 rings (SSSR count). The summed E-state index contributed by atoms with van der Waals surface area (Å²) in [6, 6.07) is 4.65. The van der Waals surface area contributed by atoms with Crippen molar-refractivity contribution in [2.75, 3.05) is 11.9 Å². The van der Waals surface area contributed by atoms with E-state index in [1.807, 2.05) is 0 Å². The molecule has 0 aliphatic rings. The quantitative estimate of drug-likeness (QED) is 0.613. The molecular formula is C9H11BrNO5P. The van der Waals surface area contributed by atoms with Crippen molar-refractivity contribution in [1.29, 1.82) is 0 Å². The van der Waals surface area contributed by atoms with E-state index < -0.39 is 13.6 Å². The molecule has 4 N–H and O–H groups in total. The molecule has 1 aromatic rings. The molecule has 0 saturated carbocycles. The summed E-state index contributed by atoms with van der Waals surface area (Å²) >= 11 is 3.20. The summed E-state index contributed by atoms with van der Waals surface area (Å²) in [5.41, 5.74) is 1.04. The van der Waals surface area contributed by atoms with Crippen molar-refractivity contribution in [3.8, 4) is 0 Å². The fourth-order valence-corrected chi connectivity index (χ4v) is 2.45. The average molecular weight is 324 g/mol. The van der Waals surface area contributed by atoms with E-state index >= 15 is 0 Å². The molecule has 0 unspecified atom stereocenters. The largest absolute Gasteiger partial charge is 0.480 e. The average Bonchev–Trinajstić information content (AvgIpc) is 2.13. The zero-order chi connectivity index (χ0) is 13.1. The summed E-state index contributed by atoms with van der Waals surface area (Å²) < 4.78 is 11.4. The third-order valence-corrected chi connectivity index (χ3v) is 3.29. The second-order valence-corrected chi connectivity index (χ2v) is 5.88. The molecule has 0 amide bonds. The van der Waals surface area contributed by atoms with Crippen molar-refractivity contribution >= 4 is 35.2 Å². The van der Waals surface area contributed by atoms with Gasteiger partial charge in [0.25, 0.3) is 0 Å². The van der Waals surface area contributed by atoms with Crippen LogP contribution in [0.1, 0.15) is 5.56 Å². The Hall–Kier alpha value is -0.880. The first-order valence-electron chi connectivity index (χ1n) is 4.56. The van der Waals surface area contributed by atoms with Gasteiger partial charge in [0.1, 0.15) is 6.54 Å². The van der Waals surface area contributed by atoms with Crippen molar-refractivity contribution in [2.45, 2.75) is 6.16 Å². The van der Waals surface area contributed by atoms with Crippen LogP contribution < -0.4 is 5.32 Å². The van der Waals surface area contributed by atoms with Gasteiger partial charge in [-0.15, -0.1) is 0 Å². The number of carboxylic acid groups (broad SMARTS) is 1. The number of nitrogens with one attached hydrogen (secondary N) is 1. The topological polar surface area (TPSA) is 107 Å². The van der Waals surface area contributed by atoms with E-state index in [9.17, 15) is 9.36 Å². The van der Waals surface area contributed by atoms with Crippen LogP contribution in [-0.4, -0.2) is 27.4 Å². The zero-order valence-corrected chi connectivity index (χ0v) is 11.1. The summed E-state index contributed by atoms with van der Waals surface area (Å²) in [5.74, 6) is -0.990. The summed E-state index contributed by atoms with van der Waals surface area (Å²) in [6.45, 7) is -0.226. The SMILES string of the molecule is O=C(O)CNc1ccc(CP(=O)(O)O)cc1Br. The van der Waals surface area contributed by atoms with Crippen LogP contribution in [0.25, 0.3) is 0 Å². The minimum atomic E-state index is -4.09. The van der Waals surface area contributed by atoms with Crippen LogP contribution in [0, 0.1) is 0 Å². The maximum Gasteiger partial charge on any atom is 0.329 e. The van der Waals surface area contributed by atoms with Gasteiger partial charge in [-0.1, -0.05) is 6.07 Å². The van der Waals surface area contributed by atoms with Crippen LogP contribution in [0.4, 0.5) is 5.69 Å². The highest BCUT2D eigenvalue weighted by Gasteiger charge is 2.14. The molecule has 0 heterocycles. The van der Waals surface area contributed by atoms with E-state index in [4.69, 9.17) is 14.9 Å². The van der Waals surface area contributed by atoms with E-state index in [1.54, 1.807) is 12.1 Å². The highest BCUT2D eigenvalue weighted by Crippen LogP contribution is 2.40. The molecule has 0 aliphatic carbocycles. The third-order valence-electron chi connectivity index (χ3n) is 1.85. The minimum absolute atomic E-state index is 0.226. The minimum Gasteiger partial charge on any atom is -0.480 e. The van der Waals surface area contributed by atoms with Crippen LogP contribution in [-0.2, 0) is 15.5 Å². The Morgan fingerprint density at radius 1 is 1.41 bits per heavy atom. The van der Waals surface area contributed by atoms with Crippen molar-refractivity contribution in [1.82, 2.24) is 0 Å². The second kappa shape index (κ2) is 5.64. The van der Waals surface area contributed by atoms with Gasteiger partial charge in [-0.2, -0.15) is 0 Å². The monoisotopic (exact) mass is 323 g/mol. The van der Waals surface area contributed by atoms with Crippen LogP contribution in [0.15, 0.2) is 22.7 Å². The molecule has 6 nitrogen and oxygen atoms in total. The van der Waals surface area contributed by atoms with E-state index in [2.05, 4.69) is 21.2 Å². The number of halogens is 1. The van der Waals surface area contributed by atoms with Crippen molar-refractivity contribution in [3.05, 3.63) is 28.2 Å². The van der Waals surface area contributed by atoms with Crippen molar-refractivity contribution in [3.63, 3.8) is 0 Å². The first kappa shape index (κ1) is 14.2. The van der Waals surface area contributed by atoms with Gasteiger partial charge in [-0.3, -0.25) is 9.36 Å². The lowest BCUT2D eigenvalue weighted by Gasteiger charge is -2.09. The van der Waals surface area contributed by atoms with Crippen LogP contribution >= 0.6 is 23.5 Å². The second-order valence-electron chi connectivity index (χ2n) is 3.38. The molecule has 0 atom stereocenters. The Labute approximate surface area is 106 Å². The standard InChI is InChI=1S/C9H11BrNO5P/c10-7-3-6(5-17(14,15)16)1-2-8(7)11-4-9(12)13/h1-3,11H,4-5H2,(H,12,13)(H2,14,15,16).